The Bertz CT molecular complexity index is 830. The summed E-state index contributed by atoms with van der Waals surface area (Å²) in [6, 6.07) is 15.5. The lowest BCUT2D eigenvalue weighted by atomic mass is 10.2. The average molecular weight is 376 g/mol. The summed E-state index contributed by atoms with van der Waals surface area (Å²) in [5.74, 6) is 1.04. The lowest BCUT2D eigenvalue weighted by molar-refractivity contribution is 0.300. The Morgan fingerprint density at radius 1 is 1.12 bits per heavy atom. The van der Waals surface area contributed by atoms with Crippen molar-refractivity contribution in [2.45, 2.75) is 13.2 Å². The van der Waals surface area contributed by atoms with Gasteiger partial charge in [-0.3, -0.25) is 0 Å². The van der Waals surface area contributed by atoms with Gasteiger partial charge in [0.15, 0.2) is 0 Å². The maximum atomic E-state index is 13.7. The van der Waals surface area contributed by atoms with Crippen molar-refractivity contribution in [2.75, 3.05) is 0 Å². The molecule has 1 N–H and O–H groups in total. The van der Waals surface area contributed by atoms with Gasteiger partial charge in [0.2, 0.25) is 0 Å². The van der Waals surface area contributed by atoms with Crippen LogP contribution in [0.4, 0.5) is 4.39 Å². The van der Waals surface area contributed by atoms with E-state index in [9.17, 15) is 4.39 Å². The van der Waals surface area contributed by atoms with Crippen LogP contribution in [0.1, 0.15) is 16.9 Å². The number of thiocarbonyl (C=S) groups is 1. The first-order chi connectivity index (χ1) is 12.1. The molecule has 1 heterocycles. The standard InChI is InChI=1S/C19H15ClFNO2S/c20-17-4-1-5-18(21)16(17)12-24-14-8-6-13(7-9-14)19(25)22-11-15-3-2-10-23-15/h1-10H,11-12H2,(H,22,25). The molecule has 2 aromatic carbocycles. The number of halogens is 2. The molecule has 3 aromatic rings. The van der Waals surface area contributed by atoms with E-state index in [1.807, 2.05) is 24.3 Å². The van der Waals surface area contributed by atoms with Gasteiger partial charge >= 0.3 is 0 Å². The minimum absolute atomic E-state index is 0.0616. The Morgan fingerprint density at radius 3 is 2.60 bits per heavy atom. The Kier molecular flexibility index (Phi) is 5.68. The third-order valence-electron chi connectivity index (χ3n) is 3.56. The summed E-state index contributed by atoms with van der Waals surface area (Å²) < 4.78 is 24.6. The normalized spacial score (nSPS) is 10.5. The molecule has 0 unspecified atom stereocenters. The van der Waals surface area contributed by atoms with Crippen LogP contribution in [0.25, 0.3) is 0 Å². The fraction of sp³-hybridized carbons (Fsp3) is 0.105. The van der Waals surface area contributed by atoms with Crippen LogP contribution in [0, 0.1) is 5.82 Å². The zero-order valence-corrected chi connectivity index (χ0v) is 14.7. The van der Waals surface area contributed by atoms with Gasteiger partial charge in [-0.2, -0.15) is 0 Å². The molecule has 128 valence electrons. The van der Waals surface area contributed by atoms with Crippen molar-refractivity contribution in [1.29, 1.82) is 0 Å². The van der Waals surface area contributed by atoms with Crippen LogP contribution >= 0.6 is 23.8 Å². The lowest BCUT2D eigenvalue weighted by Gasteiger charge is -2.10. The van der Waals surface area contributed by atoms with Crippen LogP contribution in [0.5, 0.6) is 5.75 Å². The van der Waals surface area contributed by atoms with Gasteiger partial charge in [-0.15, -0.1) is 0 Å². The second-order valence-electron chi connectivity index (χ2n) is 5.28. The molecular weight excluding hydrogens is 361 g/mol. The molecule has 0 bridgehead atoms. The number of hydrogen-bond donors (Lipinski definition) is 1. The molecule has 0 radical (unpaired) electrons. The molecule has 0 aliphatic carbocycles. The van der Waals surface area contributed by atoms with E-state index in [1.165, 1.54) is 6.07 Å². The predicted octanol–water partition coefficient (Wildman–Crippen LogP) is 5.12. The zero-order valence-electron chi connectivity index (χ0n) is 13.2. The summed E-state index contributed by atoms with van der Waals surface area (Å²) in [4.78, 5) is 0.611. The Balaban J connectivity index is 1.57. The summed E-state index contributed by atoms with van der Waals surface area (Å²) in [6.45, 7) is 0.585. The van der Waals surface area contributed by atoms with E-state index in [4.69, 9.17) is 33.0 Å². The average Bonchev–Trinajstić information content (AvgIpc) is 3.13. The van der Waals surface area contributed by atoms with E-state index >= 15 is 0 Å². The van der Waals surface area contributed by atoms with Crippen molar-refractivity contribution in [1.82, 2.24) is 5.32 Å². The number of rotatable bonds is 6. The first-order valence-electron chi connectivity index (χ1n) is 7.60. The van der Waals surface area contributed by atoms with E-state index in [1.54, 1.807) is 30.5 Å². The van der Waals surface area contributed by atoms with Gasteiger partial charge in [0.25, 0.3) is 0 Å². The third-order valence-corrected chi connectivity index (χ3v) is 4.30. The van der Waals surface area contributed by atoms with Crippen LogP contribution in [0.15, 0.2) is 65.3 Å². The molecule has 0 aliphatic heterocycles. The number of ether oxygens (including phenoxy) is 1. The zero-order chi connectivity index (χ0) is 17.6. The number of benzene rings is 2. The highest BCUT2D eigenvalue weighted by Gasteiger charge is 2.08. The quantitative estimate of drug-likeness (QED) is 0.607. The fourth-order valence-electron chi connectivity index (χ4n) is 2.21. The van der Waals surface area contributed by atoms with Gasteiger partial charge in [0.1, 0.15) is 28.9 Å². The Morgan fingerprint density at radius 2 is 1.92 bits per heavy atom. The van der Waals surface area contributed by atoms with Crippen LogP contribution < -0.4 is 10.1 Å². The molecule has 25 heavy (non-hydrogen) atoms. The molecule has 3 nitrogen and oxygen atoms in total. The molecule has 6 heteroatoms. The van der Waals surface area contributed by atoms with Gasteiger partial charge in [-0.1, -0.05) is 29.9 Å². The maximum Gasteiger partial charge on any atom is 0.131 e. The summed E-state index contributed by atoms with van der Waals surface area (Å²) in [5, 5.41) is 3.47. The highest BCUT2D eigenvalue weighted by atomic mass is 35.5. The van der Waals surface area contributed by atoms with Gasteiger partial charge in [0, 0.05) is 11.1 Å². The molecule has 0 saturated heterocycles. The second-order valence-corrected chi connectivity index (χ2v) is 6.09. The van der Waals surface area contributed by atoms with Crippen LogP contribution in [-0.4, -0.2) is 4.99 Å². The highest BCUT2D eigenvalue weighted by Crippen LogP contribution is 2.21. The molecule has 0 saturated carbocycles. The van der Waals surface area contributed by atoms with E-state index in [0.717, 1.165) is 11.3 Å². The van der Waals surface area contributed by atoms with Crippen molar-refractivity contribution in [2.24, 2.45) is 0 Å². The molecule has 0 aliphatic rings. The molecule has 0 amide bonds. The van der Waals surface area contributed by atoms with Crippen LogP contribution in [-0.2, 0) is 13.2 Å². The minimum Gasteiger partial charge on any atom is -0.489 e. The molecule has 3 rings (SSSR count). The van der Waals surface area contributed by atoms with Gasteiger partial charge < -0.3 is 14.5 Å². The smallest absolute Gasteiger partial charge is 0.131 e. The van der Waals surface area contributed by atoms with Crippen molar-refractivity contribution < 1.29 is 13.5 Å². The fourth-order valence-corrected chi connectivity index (χ4v) is 2.64. The predicted molar refractivity (Wildman–Crippen MR) is 99.4 cm³/mol. The first-order valence-corrected chi connectivity index (χ1v) is 8.38. The van der Waals surface area contributed by atoms with Gasteiger partial charge in [0.05, 0.1) is 17.8 Å². The number of hydrogen-bond acceptors (Lipinski definition) is 3. The molecule has 0 atom stereocenters. The van der Waals surface area contributed by atoms with Gasteiger partial charge in [-0.25, -0.2) is 4.39 Å². The molecular formula is C19H15ClFNO2S. The minimum atomic E-state index is -0.382. The van der Waals surface area contributed by atoms with Crippen molar-refractivity contribution in [3.05, 3.63) is 88.6 Å². The van der Waals surface area contributed by atoms with E-state index in [0.29, 0.717) is 27.9 Å². The number of furan rings is 1. The largest absolute Gasteiger partial charge is 0.489 e. The van der Waals surface area contributed by atoms with E-state index in [-0.39, 0.29) is 12.4 Å². The Hall–Kier alpha value is -2.37. The van der Waals surface area contributed by atoms with Crippen LogP contribution in [0.3, 0.4) is 0 Å². The van der Waals surface area contributed by atoms with E-state index in [2.05, 4.69) is 5.32 Å². The third kappa shape index (κ3) is 4.59. The first kappa shape index (κ1) is 17.5. The highest BCUT2D eigenvalue weighted by molar-refractivity contribution is 7.80. The van der Waals surface area contributed by atoms with Crippen molar-refractivity contribution in [3.8, 4) is 5.75 Å². The van der Waals surface area contributed by atoms with Crippen LogP contribution in [0.2, 0.25) is 5.02 Å². The maximum absolute atomic E-state index is 13.7. The SMILES string of the molecule is Fc1cccc(Cl)c1COc1ccc(C(=S)NCc2ccco2)cc1. The van der Waals surface area contributed by atoms with Crippen molar-refractivity contribution in [3.63, 3.8) is 0 Å². The summed E-state index contributed by atoms with van der Waals surface area (Å²) in [6.07, 6.45) is 1.62. The monoisotopic (exact) mass is 375 g/mol. The topological polar surface area (TPSA) is 34.4 Å². The summed E-state index contributed by atoms with van der Waals surface area (Å²) in [7, 11) is 0. The second kappa shape index (κ2) is 8.14. The number of nitrogens with one attached hydrogen (secondary N) is 1. The summed E-state index contributed by atoms with van der Waals surface area (Å²) >= 11 is 11.3. The molecule has 0 fully saturated rings. The summed E-state index contributed by atoms with van der Waals surface area (Å²) in [5.41, 5.74) is 1.20. The van der Waals surface area contributed by atoms with Gasteiger partial charge in [-0.05, 0) is 48.5 Å². The Labute approximate surface area is 155 Å². The van der Waals surface area contributed by atoms with E-state index < -0.39 is 0 Å². The lowest BCUT2D eigenvalue weighted by Crippen LogP contribution is -2.21. The van der Waals surface area contributed by atoms with Crippen molar-refractivity contribution >= 4 is 28.8 Å². The molecule has 0 spiro atoms. The molecule has 1 aromatic heterocycles.